The average molecular weight is 220 g/mol. The second-order valence-electron chi connectivity index (χ2n) is 4.51. The predicted molar refractivity (Wildman–Crippen MR) is 60.6 cm³/mol. The summed E-state index contributed by atoms with van der Waals surface area (Å²) in [5.74, 6) is 2.20. The zero-order chi connectivity index (χ0) is 11.1. The van der Waals surface area contributed by atoms with E-state index in [9.17, 15) is 0 Å². The second kappa shape index (κ2) is 3.64. The van der Waals surface area contributed by atoms with E-state index in [0.717, 1.165) is 24.6 Å². The molecule has 0 bridgehead atoms. The molecular formula is C12H16N2O2. The van der Waals surface area contributed by atoms with Gasteiger partial charge in [0.25, 0.3) is 0 Å². The largest absolute Gasteiger partial charge is 0.454 e. The number of nitrogens with two attached hydrogens (primary N) is 1. The van der Waals surface area contributed by atoms with Gasteiger partial charge in [-0.1, -0.05) is 0 Å². The highest BCUT2D eigenvalue weighted by atomic mass is 16.7. The molecule has 2 aliphatic rings. The first-order chi connectivity index (χ1) is 7.75. The molecule has 0 saturated carbocycles. The maximum Gasteiger partial charge on any atom is 0.231 e. The molecule has 1 atom stereocenters. The van der Waals surface area contributed by atoms with Crippen molar-refractivity contribution in [1.82, 2.24) is 5.32 Å². The van der Waals surface area contributed by atoms with Crippen LogP contribution in [0.5, 0.6) is 11.5 Å². The normalized spacial score (nSPS) is 20.6. The maximum atomic E-state index is 6.26. The van der Waals surface area contributed by atoms with Crippen LogP contribution in [0.3, 0.4) is 0 Å². The van der Waals surface area contributed by atoms with Gasteiger partial charge in [0.1, 0.15) is 0 Å². The van der Waals surface area contributed by atoms with Crippen molar-refractivity contribution in [2.75, 3.05) is 19.9 Å². The number of hydrogen-bond donors (Lipinski definition) is 2. The molecule has 0 aliphatic carbocycles. The van der Waals surface area contributed by atoms with E-state index in [1.807, 2.05) is 12.1 Å². The molecule has 4 heteroatoms. The second-order valence-corrected chi connectivity index (χ2v) is 4.51. The Hall–Kier alpha value is -1.26. The Labute approximate surface area is 94.7 Å². The number of benzene rings is 1. The zero-order valence-electron chi connectivity index (χ0n) is 9.32. The van der Waals surface area contributed by atoms with Crippen molar-refractivity contribution in [3.8, 4) is 11.5 Å². The number of ether oxygens (including phenoxy) is 2. The fraction of sp³-hybridized carbons (Fsp3) is 0.500. The Morgan fingerprint density at radius 3 is 2.62 bits per heavy atom. The molecule has 1 aromatic rings. The third-order valence-corrected chi connectivity index (χ3v) is 3.44. The van der Waals surface area contributed by atoms with Crippen LogP contribution in [0.1, 0.15) is 17.2 Å². The van der Waals surface area contributed by atoms with Crippen molar-refractivity contribution in [3.05, 3.63) is 23.3 Å². The fourth-order valence-corrected chi connectivity index (χ4v) is 2.24. The lowest BCUT2D eigenvalue weighted by Crippen LogP contribution is -2.47. The molecule has 3 N–H and O–H groups in total. The highest BCUT2D eigenvalue weighted by Gasteiger charge is 2.28. The van der Waals surface area contributed by atoms with Gasteiger partial charge in [0.15, 0.2) is 11.5 Å². The van der Waals surface area contributed by atoms with Crippen LogP contribution < -0.4 is 20.5 Å². The van der Waals surface area contributed by atoms with E-state index >= 15 is 0 Å². The molecule has 3 rings (SSSR count). The van der Waals surface area contributed by atoms with Gasteiger partial charge in [0.05, 0.1) is 0 Å². The average Bonchev–Trinajstić information content (AvgIpc) is 2.60. The quantitative estimate of drug-likeness (QED) is 0.779. The van der Waals surface area contributed by atoms with E-state index < -0.39 is 0 Å². The first-order valence-corrected chi connectivity index (χ1v) is 5.62. The molecule has 16 heavy (non-hydrogen) atoms. The third kappa shape index (κ3) is 1.45. The van der Waals surface area contributed by atoms with Gasteiger partial charge in [0, 0.05) is 25.0 Å². The third-order valence-electron chi connectivity index (χ3n) is 3.44. The Morgan fingerprint density at radius 2 is 2.00 bits per heavy atom. The SMILES string of the molecule is Cc1cc2c(cc1C(N)C1CNC1)OCO2. The standard InChI is InChI=1S/C12H16N2O2/c1-7-2-10-11(16-6-15-10)3-9(7)12(13)8-4-14-5-8/h2-3,8,12,14H,4-6,13H2,1H3. The van der Waals surface area contributed by atoms with Gasteiger partial charge in [-0.25, -0.2) is 0 Å². The van der Waals surface area contributed by atoms with Crippen molar-refractivity contribution in [2.24, 2.45) is 11.7 Å². The number of fused-ring (bicyclic) bond motifs is 1. The maximum absolute atomic E-state index is 6.26. The molecule has 0 aromatic heterocycles. The van der Waals surface area contributed by atoms with E-state index in [-0.39, 0.29) is 6.04 Å². The van der Waals surface area contributed by atoms with Crippen LogP contribution in [0, 0.1) is 12.8 Å². The number of rotatable bonds is 2. The van der Waals surface area contributed by atoms with Crippen LogP contribution >= 0.6 is 0 Å². The molecule has 1 unspecified atom stereocenters. The molecular weight excluding hydrogens is 204 g/mol. The summed E-state index contributed by atoms with van der Waals surface area (Å²) in [6, 6.07) is 4.14. The molecule has 1 aromatic carbocycles. The van der Waals surface area contributed by atoms with Crippen LogP contribution in [0.25, 0.3) is 0 Å². The number of hydrogen-bond acceptors (Lipinski definition) is 4. The molecule has 1 fully saturated rings. The molecule has 2 heterocycles. The van der Waals surface area contributed by atoms with Crippen molar-refractivity contribution in [3.63, 3.8) is 0 Å². The summed E-state index contributed by atoms with van der Waals surface area (Å²) in [5.41, 5.74) is 8.62. The van der Waals surface area contributed by atoms with Crippen LogP contribution in [0.2, 0.25) is 0 Å². The highest BCUT2D eigenvalue weighted by molar-refractivity contribution is 5.49. The van der Waals surface area contributed by atoms with Crippen LogP contribution in [0.4, 0.5) is 0 Å². The minimum Gasteiger partial charge on any atom is -0.454 e. The van der Waals surface area contributed by atoms with Gasteiger partial charge in [0.2, 0.25) is 6.79 Å². The van der Waals surface area contributed by atoms with Gasteiger partial charge in [-0.15, -0.1) is 0 Å². The Morgan fingerprint density at radius 1 is 1.31 bits per heavy atom. The molecule has 2 aliphatic heterocycles. The summed E-state index contributed by atoms with van der Waals surface area (Å²) < 4.78 is 10.7. The molecule has 0 radical (unpaired) electrons. The van der Waals surface area contributed by atoms with E-state index in [0.29, 0.717) is 12.7 Å². The lowest BCUT2D eigenvalue weighted by atomic mass is 9.87. The van der Waals surface area contributed by atoms with Gasteiger partial charge < -0.3 is 20.5 Å². The summed E-state index contributed by atoms with van der Waals surface area (Å²) in [5, 5.41) is 3.25. The van der Waals surface area contributed by atoms with Gasteiger partial charge in [-0.05, 0) is 30.2 Å². The van der Waals surface area contributed by atoms with Gasteiger partial charge in [-0.3, -0.25) is 0 Å². The molecule has 86 valence electrons. The van der Waals surface area contributed by atoms with E-state index in [4.69, 9.17) is 15.2 Å². The lowest BCUT2D eigenvalue weighted by molar-refractivity contribution is 0.174. The van der Waals surface area contributed by atoms with Gasteiger partial charge >= 0.3 is 0 Å². The molecule has 4 nitrogen and oxygen atoms in total. The summed E-state index contributed by atoms with van der Waals surface area (Å²) in [6.45, 7) is 4.41. The first-order valence-electron chi connectivity index (χ1n) is 5.62. The van der Waals surface area contributed by atoms with Crippen LogP contribution in [-0.2, 0) is 0 Å². The zero-order valence-corrected chi connectivity index (χ0v) is 9.32. The molecule has 1 saturated heterocycles. The van der Waals surface area contributed by atoms with E-state index in [1.165, 1.54) is 11.1 Å². The van der Waals surface area contributed by atoms with Crippen LogP contribution in [-0.4, -0.2) is 19.9 Å². The Kier molecular flexibility index (Phi) is 2.26. The smallest absolute Gasteiger partial charge is 0.231 e. The monoisotopic (exact) mass is 220 g/mol. The summed E-state index contributed by atoms with van der Waals surface area (Å²) in [7, 11) is 0. The van der Waals surface area contributed by atoms with Crippen molar-refractivity contribution in [1.29, 1.82) is 0 Å². The predicted octanol–water partition coefficient (Wildman–Crippen LogP) is 0.943. The first kappa shape index (κ1) is 9.93. The number of aryl methyl sites for hydroxylation is 1. The van der Waals surface area contributed by atoms with Crippen LogP contribution in [0.15, 0.2) is 12.1 Å². The Balaban J connectivity index is 1.94. The topological polar surface area (TPSA) is 56.5 Å². The fourth-order valence-electron chi connectivity index (χ4n) is 2.24. The highest BCUT2D eigenvalue weighted by Crippen LogP contribution is 2.37. The van der Waals surface area contributed by atoms with Crippen molar-refractivity contribution < 1.29 is 9.47 Å². The van der Waals surface area contributed by atoms with Crippen molar-refractivity contribution >= 4 is 0 Å². The van der Waals surface area contributed by atoms with E-state index in [1.54, 1.807) is 0 Å². The summed E-state index contributed by atoms with van der Waals surface area (Å²) >= 11 is 0. The Bertz CT molecular complexity index is 416. The number of nitrogens with one attached hydrogen (secondary N) is 1. The summed E-state index contributed by atoms with van der Waals surface area (Å²) in [6.07, 6.45) is 0. The lowest BCUT2D eigenvalue weighted by Gasteiger charge is -2.33. The van der Waals surface area contributed by atoms with Gasteiger partial charge in [-0.2, -0.15) is 0 Å². The minimum atomic E-state index is 0.0933. The van der Waals surface area contributed by atoms with E-state index in [2.05, 4.69) is 12.2 Å². The summed E-state index contributed by atoms with van der Waals surface area (Å²) in [4.78, 5) is 0. The molecule has 0 spiro atoms. The molecule has 0 amide bonds. The van der Waals surface area contributed by atoms with Crippen molar-refractivity contribution in [2.45, 2.75) is 13.0 Å². The minimum absolute atomic E-state index is 0.0933.